The van der Waals surface area contributed by atoms with Crippen LogP contribution in [0.3, 0.4) is 0 Å². The number of nitrogens with one attached hydrogen (secondary N) is 2. The molecule has 0 unspecified atom stereocenters. The first-order valence-corrected chi connectivity index (χ1v) is 15.1. The van der Waals surface area contributed by atoms with Gasteiger partial charge in [-0.1, -0.05) is 78.4 Å². The van der Waals surface area contributed by atoms with Gasteiger partial charge in [0.05, 0.1) is 6.04 Å². The van der Waals surface area contributed by atoms with E-state index in [-0.39, 0.29) is 18.6 Å². The van der Waals surface area contributed by atoms with Gasteiger partial charge in [-0.25, -0.2) is 0 Å². The average molecular weight is 602 g/mol. The van der Waals surface area contributed by atoms with E-state index in [0.717, 1.165) is 22.8 Å². The second-order valence-electron chi connectivity index (χ2n) is 9.91. The third-order valence-electron chi connectivity index (χ3n) is 6.56. The molecule has 8 nitrogen and oxygen atoms in total. The van der Waals surface area contributed by atoms with Crippen LogP contribution >= 0.6 is 0 Å². The van der Waals surface area contributed by atoms with Crippen LogP contribution in [0.25, 0.3) is 0 Å². The molecule has 1 aromatic heterocycles. The lowest BCUT2D eigenvalue weighted by Crippen LogP contribution is -2.50. The summed E-state index contributed by atoms with van der Waals surface area (Å²) in [5, 5.41) is 3.96. The Morgan fingerprint density at radius 3 is 2.14 bits per heavy atom. The normalized spacial score (nSPS) is 13.0. The standard InChI is InChI=1S/C33H32FN3O5S/c1-24-12-14-26(15-13-24)22-30(37-32(38)27-18-20-35-21-19-27)33(39)36-28(17-16-25-8-4-2-5-9-25)23-31(34)43(40,41)42-29-10-6-3-7-11-29/h2-15,18-21,23,28,30H,16-17,22H2,1H3,(H,36,39)(H,37,38)/b31-23+/t28-,30-/m0/s1. The van der Waals surface area contributed by atoms with E-state index < -0.39 is 39.2 Å². The van der Waals surface area contributed by atoms with E-state index in [1.807, 2.05) is 61.5 Å². The lowest BCUT2D eigenvalue weighted by Gasteiger charge is -2.22. The van der Waals surface area contributed by atoms with Crippen LogP contribution in [0.1, 0.15) is 33.5 Å². The third kappa shape index (κ3) is 9.61. The van der Waals surface area contributed by atoms with Gasteiger partial charge < -0.3 is 14.8 Å². The Morgan fingerprint density at radius 2 is 1.49 bits per heavy atom. The number of halogens is 1. The molecule has 2 N–H and O–H groups in total. The van der Waals surface area contributed by atoms with Gasteiger partial charge in [-0.05, 0) is 61.2 Å². The predicted molar refractivity (Wildman–Crippen MR) is 162 cm³/mol. The molecule has 0 spiro atoms. The average Bonchev–Trinajstić information content (AvgIpc) is 3.01. The molecule has 4 rings (SSSR count). The van der Waals surface area contributed by atoms with Crippen LogP contribution in [-0.2, 0) is 27.8 Å². The molecule has 222 valence electrons. The summed E-state index contributed by atoms with van der Waals surface area (Å²) in [6.07, 6.45) is 4.51. The number of benzene rings is 3. The van der Waals surface area contributed by atoms with Crippen molar-refractivity contribution < 1.29 is 26.6 Å². The van der Waals surface area contributed by atoms with Crippen LogP contribution in [0.15, 0.2) is 121 Å². The predicted octanol–water partition coefficient (Wildman–Crippen LogP) is 5.07. The zero-order valence-corrected chi connectivity index (χ0v) is 24.3. The van der Waals surface area contributed by atoms with Crippen LogP contribution in [0.5, 0.6) is 5.75 Å². The maximum Gasteiger partial charge on any atom is 0.366 e. The molecule has 2 amide bonds. The molecular formula is C33H32FN3O5S. The maximum absolute atomic E-state index is 15.2. The quantitative estimate of drug-likeness (QED) is 0.207. The number of amides is 2. The van der Waals surface area contributed by atoms with Crippen LogP contribution in [0, 0.1) is 6.92 Å². The summed E-state index contributed by atoms with van der Waals surface area (Å²) in [7, 11) is -4.79. The molecule has 0 fully saturated rings. The highest BCUT2D eigenvalue weighted by molar-refractivity contribution is 7.90. The summed E-state index contributed by atoms with van der Waals surface area (Å²) in [6.45, 7) is 1.94. The first-order chi connectivity index (χ1) is 20.7. The van der Waals surface area contributed by atoms with E-state index in [0.29, 0.717) is 12.0 Å². The molecular weight excluding hydrogens is 569 g/mol. The monoisotopic (exact) mass is 601 g/mol. The van der Waals surface area contributed by atoms with Crippen molar-refractivity contribution >= 4 is 21.9 Å². The summed E-state index contributed by atoms with van der Waals surface area (Å²) in [6, 6.07) is 25.3. The van der Waals surface area contributed by atoms with Gasteiger partial charge in [-0.15, -0.1) is 0 Å². The van der Waals surface area contributed by atoms with E-state index in [1.165, 1.54) is 36.7 Å². The molecule has 4 aromatic rings. The van der Waals surface area contributed by atoms with Crippen molar-refractivity contribution in [3.8, 4) is 5.75 Å². The topological polar surface area (TPSA) is 114 Å². The lowest BCUT2D eigenvalue weighted by molar-refractivity contribution is -0.123. The number of rotatable bonds is 13. The third-order valence-corrected chi connectivity index (χ3v) is 7.59. The number of hydrogen-bond donors (Lipinski definition) is 2. The van der Waals surface area contributed by atoms with E-state index in [9.17, 15) is 18.0 Å². The van der Waals surface area contributed by atoms with Gasteiger partial charge in [0.2, 0.25) is 5.91 Å². The Hall–Kier alpha value is -4.83. The molecule has 0 bridgehead atoms. The summed E-state index contributed by atoms with van der Waals surface area (Å²) >= 11 is 0. The smallest absolute Gasteiger partial charge is 0.366 e. The van der Waals surface area contributed by atoms with E-state index >= 15 is 4.39 Å². The Bertz CT molecular complexity index is 1630. The molecule has 10 heteroatoms. The van der Waals surface area contributed by atoms with Gasteiger partial charge in [0.25, 0.3) is 11.1 Å². The van der Waals surface area contributed by atoms with Crippen LogP contribution < -0.4 is 14.8 Å². The summed E-state index contributed by atoms with van der Waals surface area (Å²) in [5.41, 5.74) is 3.06. The van der Waals surface area contributed by atoms with Crippen molar-refractivity contribution in [2.75, 3.05) is 0 Å². The second kappa shape index (κ2) is 14.9. The Balaban J connectivity index is 1.58. The summed E-state index contributed by atoms with van der Waals surface area (Å²) < 4.78 is 45.5. The van der Waals surface area contributed by atoms with Gasteiger partial charge >= 0.3 is 10.1 Å². The van der Waals surface area contributed by atoms with Gasteiger partial charge in [0, 0.05) is 24.4 Å². The molecule has 0 saturated carbocycles. The number of aryl methyl sites for hydroxylation is 2. The van der Waals surface area contributed by atoms with Crippen molar-refractivity contribution in [1.29, 1.82) is 0 Å². The molecule has 43 heavy (non-hydrogen) atoms. The first-order valence-electron chi connectivity index (χ1n) is 13.7. The second-order valence-corrected chi connectivity index (χ2v) is 11.4. The first kappa shape index (κ1) is 31.1. The number of carbonyl (C=O) groups excluding carboxylic acids is 2. The van der Waals surface area contributed by atoms with Crippen molar-refractivity contribution in [2.24, 2.45) is 0 Å². The van der Waals surface area contributed by atoms with Crippen molar-refractivity contribution in [3.05, 3.63) is 143 Å². The van der Waals surface area contributed by atoms with E-state index in [2.05, 4.69) is 15.6 Å². The molecule has 1 heterocycles. The SMILES string of the molecule is Cc1ccc(C[C@H](NC(=O)c2ccncc2)C(=O)N[C@H](/C=C(\F)S(=O)(=O)Oc2ccccc2)CCc2ccccc2)cc1. The highest BCUT2D eigenvalue weighted by Gasteiger charge is 2.27. The fraction of sp³-hybridized carbons (Fsp3) is 0.182. The van der Waals surface area contributed by atoms with Crippen molar-refractivity contribution in [1.82, 2.24) is 15.6 Å². The van der Waals surface area contributed by atoms with Crippen molar-refractivity contribution in [3.63, 3.8) is 0 Å². The summed E-state index contributed by atoms with van der Waals surface area (Å²) in [4.78, 5) is 30.6. The number of carbonyl (C=O) groups is 2. The van der Waals surface area contributed by atoms with Crippen LogP contribution in [0.4, 0.5) is 4.39 Å². The fourth-order valence-electron chi connectivity index (χ4n) is 4.25. The number of aromatic nitrogens is 1. The molecule has 3 aromatic carbocycles. The number of pyridine rings is 1. The van der Waals surface area contributed by atoms with Gasteiger partial charge in [-0.3, -0.25) is 14.6 Å². The molecule has 0 aliphatic rings. The van der Waals surface area contributed by atoms with Crippen LogP contribution in [-0.4, -0.2) is 37.3 Å². The molecule has 0 aliphatic carbocycles. The number of hydrogen-bond acceptors (Lipinski definition) is 6. The zero-order valence-electron chi connectivity index (χ0n) is 23.5. The van der Waals surface area contributed by atoms with E-state index in [4.69, 9.17) is 4.18 Å². The van der Waals surface area contributed by atoms with Gasteiger partial charge in [-0.2, -0.15) is 12.8 Å². The lowest BCUT2D eigenvalue weighted by atomic mass is 10.0. The largest absolute Gasteiger partial charge is 0.377 e. The summed E-state index contributed by atoms with van der Waals surface area (Å²) in [5.74, 6) is -1.14. The minimum atomic E-state index is -4.79. The van der Waals surface area contributed by atoms with Crippen LogP contribution in [0.2, 0.25) is 0 Å². The van der Waals surface area contributed by atoms with E-state index in [1.54, 1.807) is 18.2 Å². The molecule has 2 atom stereocenters. The number of para-hydroxylation sites is 1. The molecule has 0 aliphatic heterocycles. The minimum Gasteiger partial charge on any atom is -0.377 e. The highest BCUT2D eigenvalue weighted by Crippen LogP contribution is 2.19. The van der Waals surface area contributed by atoms with Crippen molar-refractivity contribution in [2.45, 2.75) is 38.3 Å². The zero-order chi connectivity index (χ0) is 30.7. The number of nitrogens with zero attached hydrogens (tertiary/aromatic N) is 1. The molecule has 0 radical (unpaired) electrons. The van der Waals surface area contributed by atoms with Gasteiger partial charge in [0.1, 0.15) is 11.8 Å². The Morgan fingerprint density at radius 1 is 0.860 bits per heavy atom. The molecule has 0 saturated heterocycles. The Kier molecular flexibility index (Phi) is 10.8. The maximum atomic E-state index is 15.2. The van der Waals surface area contributed by atoms with Gasteiger partial charge in [0.15, 0.2) is 0 Å². The highest BCUT2D eigenvalue weighted by atomic mass is 32.2. The minimum absolute atomic E-state index is 0.0482. The fourth-order valence-corrected chi connectivity index (χ4v) is 5.02. The Labute approximate surface area is 250 Å².